The summed E-state index contributed by atoms with van der Waals surface area (Å²) in [6, 6.07) is 136. The highest BCUT2D eigenvalue weighted by atomic mass is 15.2. The van der Waals surface area contributed by atoms with Crippen LogP contribution < -0.4 is 31.1 Å². The van der Waals surface area contributed by atoms with Crippen LogP contribution in [0.5, 0.6) is 0 Å². The molecule has 3 unspecified atom stereocenters. The molecule has 636 valence electrons. The first-order chi connectivity index (χ1) is 64.2. The maximum atomic E-state index is 2.83. The number of para-hydroxylation sites is 2. The highest BCUT2D eigenvalue weighted by Crippen LogP contribution is 2.61. The van der Waals surface area contributed by atoms with Crippen LogP contribution in [0.25, 0.3) is 99.8 Å². The Morgan fingerprint density at radius 2 is 0.771 bits per heavy atom. The monoisotopic (exact) mass is 1690 g/mol. The number of benzene rings is 15. The number of fused-ring (bicyclic) bond motifs is 7. The smallest absolute Gasteiger partial charge is 0.252 e. The molecule has 0 amide bonds. The fourth-order valence-corrected chi connectivity index (χ4v) is 23.9. The van der Waals surface area contributed by atoms with Crippen LogP contribution in [0.3, 0.4) is 0 Å². The van der Waals surface area contributed by atoms with Crippen LogP contribution in [0.2, 0.25) is 0 Å². The Bertz CT molecular complexity index is 7110. The first kappa shape index (κ1) is 80.3. The van der Waals surface area contributed by atoms with E-state index in [-0.39, 0.29) is 23.5 Å². The van der Waals surface area contributed by atoms with Gasteiger partial charge in [0.25, 0.3) is 6.71 Å². The van der Waals surface area contributed by atoms with Crippen molar-refractivity contribution in [3.05, 3.63) is 433 Å². The van der Waals surface area contributed by atoms with Crippen LogP contribution >= 0.6 is 0 Å². The van der Waals surface area contributed by atoms with E-state index in [2.05, 4.69) is 449 Å². The molecule has 3 atom stereocenters. The summed E-state index contributed by atoms with van der Waals surface area (Å²) in [4.78, 5) is 8.23. The Hall–Kier alpha value is -14.0. The minimum absolute atomic E-state index is 0.000315. The zero-order chi connectivity index (χ0) is 87.7. The Morgan fingerprint density at radius 3 is 1.24 bits per heavy atom. The zero-order valence-corrected chi connectivity index (χ0v) is 76.0. The van der Waals surface area contributed by atoms with Crippen molar-refractivity contribution in [3.8, 4) is 72.4 Å². The van der Waals surface area contributed by atoms with Crippen LogP contribution in [0.1, 0.15) is 141 Å². The number of rotatable bonds is 15. The fourth-order valence-electron chi connectivity index (χ4n) is 23.9. The highest BCUT2D eigenvalue weighted by molar-refractivity contribution is 7.00. The third-order valence-electron chi connectivity index (χ3n) is 30.4. The third-order valence-corrected chi connectivity index (χ3v) is 30.4. The molecule has 15 aromatic carbocycles. The molecule has 24 rings (SSSR count). The van der Waals surface area contributed by atoms with Gasteiger partial charge in [-0.1, -0.05) is 383 Å². The average molecular weight is 1690 g/mol. The minimum atomic E-state index is -0.340. The highest BCUT2D eigenvalue weighted by Gasteiger charge is 2.49. The van der Waals surface area contributed by atoms with Crippen molar-refractivity contribution in [1.29, 1.82) is 0 Å². The Labute approximate surface area is 773 Å². The first-order valence-electron chi connectivity index (χ1n) is 48.3. The van der Waals surface area contributed by atoms with Crippen LogP contribution in [-0.2, 0) is 0 Å². The molecule has 131 heavy (non-hydrogen) atoms. The average Bonchev–Trinajstić information content (AvgIpc) is 1.14. The third kappa shape index (κ3) is 14.1. The molecule has 0 bridgehead atoms. The molecule has 2 saturated carbocycles. The van der Waals surface area contributed by atoms with Crippen molar-refractivity contribution in [2.45, 2.75) is 124 Å². The summed E-state index contributed by atoms with van der Waals surface area (Å²) in [6.07, 6.45) is 28.8. The number of hydrogen-bond acceptors (Lipinski definition) is 3. The molecule has 0 radical (unpaired) electrons. The van der Waals surface area contributed by atoms with Gasteiger partial charge < -0.3 is 19.3 Å². The van der Waals surface area contributed by atoms with Gasteiger partial charge in [0.05, 0.1) is 28.1 Å². The summed E-state index contributed by atoms with van der Waals surface area (Å²) < 4.78 is 2.56. The molecule has 0 N–H and O–H groups in total. The molecule has 6 aliphatic carbocycles. The molecular formula is C126H109BN4. The van der Waals surface area contributed by atoms with Crippen molar-refractivity contribution < 1.29 is 0 Å². The lowest BCUT2D eigenvalue weighted by molar-refractivity contribution is 0.328. The molecule has 2 fully saturated rings. The summed E-state index contributed by atoms with van der Waals surface area (Å²) in [5, 5.41) is 2.46. The summed E-state index contributed by atoms with van der Waals surface area (Å²) >= 11 is 0. The molecular weight excluding hydrogens is 1580 g/mol. The molecule has 3 heterocycles. The van der Waals surface area contributed by atoms with Gasteiger partial charge in [-0.15, -0.1) is 0 Å². The zero-order valence-electron chi connectivity index (χ0n) is 76.0. The second kappa shape index (κ2) is 32.6. The summed E-state index contributed by atoms with van der Waals surface area (Å²) in [5.74, 6) is 1.72. The largest absolute Gasteiger partial charge is 0.310 e. The van der Waals surface area contributed by atoms with Gasteiger partial charge in [-0.25, -0.2) is 0 Å². The van der Waals surface area contributed by atoms with E-state index >= 15 is 0 Å². The van der Waals surface area contributed by atoms with Crippen molar-refractivity contribution in [1.82, 2.24) is 4.57 Å². The molecule has 2 aliphatic heterocycles. The van der Waals surface area contributed by atoms with Gasteiger partial charge in [0.15, 0.2) is 0 Å². The molecule has 1 aromatic heterocycles. The maximum Gasteiger partial charge on any atom is 0.252 e. The maximum absolute atomic E-state index is 2.83. The first-order valence-corrected chi connectivity index (χ1v) is 48.3. The second-order valence-corrected chi connectivity index (χ2v) is 40.3. The molecule has 5 heteroatoms. The summed E-state index contributed by atoms with van der Waals surface area (Å²) in [5.41, 5.74) is 44.0. The number of anilines is 9. The quantitative estimate of drug-likeness (QED) is 0.0951. The van der Waals surface area contributed by atoms with E-state index in [9.17, 15) is 0 Å². The van der Waals surface area contributed by atoms with E-state index in [1.54, 1.807) is 0 Å². The van der Waals surface area contributed by atoms with Gasteiger partial charge in [-0.05, 0) is 257 Å². The molecule has 8 aliphatic rings. The van der Waals surface area contributed by atoms with Gasteiger partial charge in [0.2, 0.25) is 0 Å². The predicted molar refractivity (Wildman–Crippen MR) is 556 cm³/mol. The van der Waals surface area contributed by atoms with E-state index in [0.29, 0.717) is 23.7 Å². The van der Waals surface area contributed by atoms with Gasteiger partial charge in [0.1, 0.15) is 0 Å². The summed E-state index contributed by atoms with van der Waals surface area (Å²) in [6.45, 7) is 14.2. The fraction of sp³-hybridized carbons (Fsp3) is 0.190. The van der Waals surface area contributed by atoms with Gasteiger partial charge in [-0.2, -0.15) is 0 Å². The van der Waals surface area contributed by atoms with Gasteiger partial charge in [0, 0.05) is 84.7 Å². The Balaban J connectivity index is 0.883. The predicted octanol–water partition coefficient (Wildman–Crippen LogP) is 32.8. The van der Waals surface area contributed by atoms with E-state index in [1.165, 1.54) is 182 Å². The number of aromatic nitrogens is 1. The number of allylic oxidation sites excluding steroid dienone is 12. The van der Waals surface area contributed by atoms with E-state index in [1.807, 2.05) is 0 Å². The second-order valence-electron chi connectivity index (χ2n) is 40.3. The topological polar surface area (TPSA) is 14.7 Å². The van der Waals surface area contributed by atoms with Crippen molar-refractivity contribution in [2.75, 3.05) is 14.7 Å². The Kier molecular flexibility index (Phi) is 20.0. The van der Waals surface area contributed by atoms with Crippen molar-refractivity contribution in [2.24, 2.45) is 28.6 Å². The number of hydrogen-bond donors (Lipinski definition) is 0. The van der Waals surface area contributed by atoms with Crippen LogP contribution in [0.4, 0.5) is 51.2 Å². The Morgan fingerprint density at radius 1 is 0.336 bits per heavy atom. The van der Waals surface area contributed by atoms with Crippen LogP contribution in [-0.4, -0.2) is 11.3 Å². The minimum Gasteiger partial charge on any atom is -0.310 e. The lowest BCUT2D eigenvalue weighted by Gasteiger charge is -2.48. The molecule has 0 saturated heterocycles. The van der Waals surface area contributed by atoms with Crippen LogP contribution in [0.15, 0.2) is 416 Å². The van der Waals surface area contributed by atoms with Gasteiger partial charge in [-0.3, -0.25) is 0 Å². The van der Waals surface area contributed by atoms with Crippen molar-refractivity contribution >= 4 is 102 Å². The summed E-state index contributed by atoms with van der Waals surface area (Å²) in [7, 11) is 0. The lowest BCUT2D eigenvalue weighted by atomic mass is 9.33. The lowest BCUT2D eigenvalue weighted by Crippen LogP contribution is -2.61. The number of nitrogens with zero attached hydrogens (tertiary/aromatic N) is 4. The van der Waals surface area contributed by atoms with E-state index in [4.69, 9.17) is 0 Å². The van der Waals surface area contributed by atoms with E-state index < -0.39 is 0 Å². The molecule has 16 aromatic rings. The SMILES string of the molecule is CC(C)(C)C1=CC2=C(c3ccc4c(c3)B3c5ccc(-n6c7ccccc7c7ccccc76)cc5N(c5c(-c6ccccc6)cc(C6CCCCC6)cc5-c5ccccc5)c5cc(N(c6ccc(-c7ccccc7)cc6)c6ccc(-c7ccccc7)cc6)cc(c53)N4c3c(-c4ccccc4)cc(C4CCCCC4)cc3-c3ccccc3)C=C3C=C(C(C)(C)C)CC4C=CC(=C1)C2C34. The standard InChI is InChI=1S/C126H109BN4/c1-125(2,3)98-69-93-55-56-94-70-99(126(4,5)6)78-111-106(76-97(71-98)120(93)121(94)111)92-61-68-116-113(77-92)127-112-67-66-102(129-114-53-33-31-51-104(114)105-52-32-34-54-115(105)129)79-117(112)131(124-109(90-47-27-13-28-48-90)74-96(85-41-21-10-22-42-85)75-110(124)91-49-29-14-30-50-91)119-81-103(128(100-62-57-86(58-63-100)82-35-15-7-16-36-82)101-64-59-87(60-65-101)83-37-17-8-18-38-83)80-118(122(119)127)130(116)123-107(88-43-23-11-24-44-88)72-95(84-39-19-9-20-40-84)73-108(123)89-45-25-12-26-46-89/h7-8,11-18,23-38,43-68,70-81,84-85,93,120-121H,9-10,19-22,39-42,69H2,1-6H3. The van der Waals surface area contributed by atoms with Crippen LogP contribution in [0, 0.1) is 28.6 Å². The van der Waals surface area contributed by atoms with Gasteiger partial charge >= 0.3 is 0 Å². The normalized spacial score (nSPS) is 17.6. The van der Waals surface area contributed by atoms with Crippen molar-refractivity contribution in [3.63, 3.8) is 0 Å². The van der Waals surface area contributed by atoms with E-state index in [0.717, 1.165) is 100 Å². The molecule has 0 spiro atoms. The molecule has 4 nitrogen and oxygen atoms in total.